The Morgan fingerprint density at radius 1 is 1.00 bits per heavy atom. The van der Waals surface area contributed by atoms with Crippen LogP contribution < -0.4 is 19.1 Å². The molecule has 6 heteroatoms. The maximum absolute atomic E-state index is 15.1. The van der Waals surface area contributed by atoms with Crippen LogP contribution in [0.15, 0.2) is 30.3 Å². The number of nitrogens with zero attached hydrogens (tertiary/aromatic N) is 2. The maximum atomic E-state index is 15.1. The summed E-state index contributed by atoms with van der Waals surface area (Å²) in [6, 6.07) is 9.52. The van der Waals surface area contributed by atoms with Crippen molar-refractivity contribution in [3.05, 3.63) is 47.3 Å². The molecule has 2 heterocycles. The number of rotatable bonds is 4. The van der Waals surface area contributed by atoms with Crippen LogP contribution in [0.3, 0.4) is 0 Å². The lowest BCUT2D eigenvalue weighted by molar-refractivity contribution is 0.258. The van der Waals surface area contributed by atoms with Crippen LogP contribution in [-0.2, 0) is 6.42 Å². The Kier molecular flexibility index (Phi) is 5.81. The molecule has 1 saturated heterocycles. The minimum absolute atomic E-state index is 0.0782. The number of benzene rings is 2. The van der Waals surface area contributed by atoms with Crippen molar-refractivity contribution >= 4 is 5.69 Å². The van der Waals surface area contributed by atoms with Crippen LogP contribution in [0.5, 0.6) is 17.2 Å². The summed E-state index contributed by atoms with van der Waals surface area (Å²) in [5, 5.41) is 0. The summed E-state index contributed by atoms with van der Waals surface area (Å²) in [5.41, 5.74) is 2.64. The van der Waals surface area contributed by atoms with Crippen molar-refractivity contribution in [2.75, 3.05) is 59.0 Å². The summed E-state index contributed by atoms with van der Waals surface area (Å²) in [7, 11) is 5.37. The number of halogens is 1. The maximum Gasteiger partial charge on any atom is 0.160 e. The third-order valence-corrected chi connectivity index (χ3v) is 5.99. The number of methoxy groups -OCH3 is 2. The van der Waals surface area contributed by atoms with E-state index in [4.69, 9.17) is 14.2 Å². The number of hydrogen-bond donors (Lipinski definition) is 0. The van der Waals surface area contributed by atoms with E-state index in [1.54, 1.807) is 20.3 Å². The van der Waals surface area contributed by atoms with E-state index in [0.29, 0.717) is 35.8 Å². The van der Waals surface area contributed by atoms with Crippen molar-refractivity contribution in [1.82, 2.24) is 4.90 Å². The highest BCUT2D eigenvalue weighted by Gasteiger charge is 2.27. The molecule has 5 nitrogen and oxygen atoms in total. The largest absolute Gasteiger partial charge is 0.493 e. The first kappa shape index (κ1) is 19.8. The second-order valence-electron chi connectivity index (χ2n) is 7.87. The molecule has 156 valence electrons. The molecule has 0 saturated carbocycles. The van der Waals surface area contributed by atoms with Crippen molar-refractivity contribution in [2.45, 2.75) is 18.8 Å². The van der Waals surface area contributed by atoms with Gasteiger partial charge < -0.3 is 24.0 Å². The number of fused-ring (bicyclic) bond motifs is 1. The Morgan fingerprint density at radius 3 is 2.62 bits per heavy atom. The van der Waals surface area contributed by atoms with Crippen LogP contribution in [0.1, 0.15) is 23.5 Å². The molecule has 0 aliphatic carbocycles. The first-order valence-corrected chi connectivity index (χ1v) is 10.2. The minimum atomic E-state index is -0.180. The minimum Gasteiger partial charge on any atom is -0.493 e. The van der Waals surface area contributed by atoms with E-state index in [1.165, 1.54) is 0 Å². The average Bonchev–Trinajstić information content (AvgIpc) is 2.97. The van der Waals surface area contributed by atoms with Crippen molar-refractivity contribution < 1.29 is 18.6 Å². The molecule has 29 heavy (non-hydrogen) atoms. The van der Waals surface area contributed by atoms with Crippen LogP contribution >= 0.6 is 0 Å². The molecule has 0 aromatic heterocycles. The van der Waals surface area contributed by atoms with Gasteiger partial charge in [0.05, 0.1) is 20.8 Å². The molecule has 1 unspecified atom stereocenters. The number of ether oxygens (including phenoxy) is 3. The molecule has 0 radical (unpaired) electrons. The molecule has 2 aliphatic rings. The Bertz CT molecular complexity index is 873. The fraction of sp³-hybridized carbons (Fsp3) is 0.478. The van der Waals surface area contributed by atoms with Gasteiger partial charge in [-0.05, 0) is 50.2 Å². The quantitative estimate of drug-likeness (QED) is 0.782. The van der Waals surface area contributed by atoms with Crippen LogP contribution in [0.4, 0.5) is 10.1 Å². The zero-order valence-corrected chi connectivity index (χ0v) is 17.4. The van der Waals surface area contributed by atoms with Gasteiger partial charge in [0.1, 0.15) is 11.6 Å². The van der Waals surface area contributed by atoms with E-state index in [2.05, 4.69) is 16.8 Å². The smallest absolute Gasteiger partial charge is 0.160 e. The molecule has 2 aromatic carbocycles. The fourth-order valence-corrected chi connectivity index (χ4v) is 4.23. The topological polar surface area (TPSA) is 34.2 Å². The highest BCUT2D eigenvalue weighted by atomic mass is 19.1. The Balaban J connectivity index is 1.56. The lowest BCUT2D eigenvalue weighted by atomic mass is 9.89. The molecule has 1 atom stereocenters. The van der Waals surface area contributed by atoms with Gasteiger partial charge in [-0.3, -0.25) is 0 Å². The van der Waals surface area contributed by atoms with Gasteiger partial charge in [-0.25, -0.2) is 4.39 Å². The highest BCUT2D eigenvalue weighted by molar-refractivity contribution is 5.56. The van der Waals surface area contributed by atoms with Crippen molar-refractivity contribution in [2.24, 2.45) is 0 Å². The van der Waals surface area contributed by atoms with E-state index in [-0.39, 0.29) is 11.7 Å². The van der Waals surface area contributed by atoms with Gasteiger partial charge in [-0.15, -0.1) is 0 Å². The van der Waals surface area contributed by atoms with E-state index in [9.17, 15) is 0 Å². The van der Waals surface area contributed by atoms with Gasteiger partial charge >= 0.3 is 0 Å². The Hall–Kier alpha value is -2.47. The van der Waals surface area contributed by atoms with E-state index in [1.807, 2.05) is 24.3 Å². The lowest BCUT2D eigenvalue weighted by Crippen LogP contribution is -2.29. The molecule has 0 N–H and O–H groups in total. The second kappa shape index (κ2) is 8.49. The van der Waals surface area contributed by atoms with Crippen LogP contribution in [-0.4, -0.2) is 59.0 Å². The second-order valence-corrected chi connectivity index (χ2v) is 7.87. The van der Waals surface area contributed by atoms with Gasteiger partial charge in [0.25, 0.3) is 0 Å². The molecular formula is C23H29FN2O3. The zero-order valence-electron chi connectivity index (χ0n) is 17.4. The lowest BCUT2D eigenvalue weighted by Gasteiger charge is -2.29. The predicted molar refractivity (Wildman–Crippen MR) is 112 cm³/mol. The molecule has 2 aliphatic heterocycles. The van der Waals surface area contributed by atoms with Crippen LogP contribution in [0.2, 0.25) is 0 Å². The predicted octanol–water partition coefficient (Wildman–Crippen LogP) is 3.70. The van der Waals surface area contributed by atoms with Crippen LogP contribution in [0, 0.1) is 5.82 Å². The van der Waals surface area contributed by atoms with Gasteiger partial charge in [0.2, 0.25) is 0 Å². The first-order valence-electron chi connectivity index (χ1n) is 10.2. The summed E-state index contributed by atoms with van der Waals surface area (Å²) in [4.78, 5) is 4.58. The molecule has 0 spiro atoms. The summed E-state index contributed by atoms with van der Waals surface area (Å²) < 4.78 is 31.8. The SMILES string of the molecule is COc1ccc(C2COc3cc(N4CCCN(C)CC4)cc(F)c3C2)cc1OC. The number of anilines is 1. The number of hydrogen-bond acceptors (Lipinski definition) is 5. The zero-order chi connectivity index (χ0) is 20.4. The van der Waals surface area contributed by atoms with E-state index >= 15 is 4.39 Å². The molecule has 0 amide bonds. The van der Waals surface area contributed by atoms with Crippen molar-refractivity contribution in [3.63, 3.8) is 0 Å². The summed E-state index contributed by atoms with van der Waals surface area (Å²) >= 11 is 0. The van der Waals surface area contributed by atoms with E-state index < -0.39 is 0 Å². The fourth-order valence-electron chi connectivity index (χ4n) is 4.23. The monoisotopic (exact) mass is 400 g/mol. The first-order chi connectivity index (χ1) is 14.1. The van der Waals surface area contributed by atoms with E-state index in [0.717, 1.165) is 43.9 Å². The number of likely N-dealkylation sites (N-methyl/N-ethyl adjacent to an activating group) is 1. The standard InChI is InChI=1S/C23H29FN2O3/c1-25-7-4-8-26(10-9-25)18-13-20(24)19-11-17(15-29-22(19)14-18)16-5-6-21(27-2)23(12-16)28-3/h5-6,12-14,17H,4,7-11,15H2,1-3H3. The van der Waals surface area contributed by atoms with Gasteiger partial charge in [0.15, 0.2) is 11.5 Å². The Labute approximate surface area is 172 Å². The van der Waals surface area contributed by atoms with Crippen LogP contribution in [0.25, 0.3) is 0 Å². The van der Waals surface area contributed by atoms with Crippen molar-refractivity contribution in [1.29, 1.82) is 0 Å². The molecule has 0 bridgehead atoms. The molecular weight excluding hydrogens is 371 g/mol. The highest BCUT2D eigenvalue weighted by Crippen LogP contribution is 2.39. The molecule has 4 rings (SSSR count). The van der Waals surface area contributed by atoms with Gasteiger partial charge in [0, 0.05) is 42.9 Å². The average molecular weight is 400 g/mol. The van der Waals surface area contributed by atoms with Crippen molar-refractivity contribution in [3.8, 4) is 17.2 Å². The molecule has 2 aromatic rings. The van der Waals surface area contributed by atoms with Gasteiger partial charge in [-0.1, -0.05) is 6.07 Å². The summed E-state index contributed by atoms with van der Waals surface area (Å²) in [5.74, 6) is 1.94. The summed E-state index contributed by atoms with van der Waals surface area (Å²) in [6.45, 7) is 4.43. The summed E-state index contributed by atoms with van der Waals surface area (Å²) in [6.07, 6.45) is 1.69. The third-order valence-electron chi connectivity index (χ3n) is 5.99. The molecule has 1 fully saturated rings. The van der Waals surface area contributed by atoms with Gasteiger partial charge in [-0.2, -0.15) is 0 Å². The normalized spacial score (nSPS) is 19.9. The third kappa shape index (κ3) is 4.13. The Morgan fingerprint density at radius 2 is 1.83 bits per heavy atom.